The number of carbonyl (C=O) groups is 1. The number of nitrogens with zero attached hydrogens (tertiary/aromatic N) is 1. The van der Waals surface area contributed by atoms with Gasteiger partial charge in [-0.25, -0.2) is 13.4 Å². The molecule has 148 valence electrons. The minimum Gasteiger partial charge on any atom is -0.485 e. The van der Waals surface area contributed by atoms with Gasteiger partial charge < -0.3 is 4.74 Å². The molecule has 2 bridgehead atoms. The minimum absolute atomic E-state index is 0.106. The first kappa shape index (κ1) is 18.9. The van der Waals surface area contributed by atoms with Gasteiger partial charge in [-0.3, -0.25) is 9.52 Å². The number of anilines is 1. The SMILES string of the molecule is CC1(C)[C@@H]2CC[C@@]1(S(=O)(=O)Nc1ncccc1OCc1ccccc1)C(=O)C2. The highest BCUT2D eigenvalue weighted by Crippen LogP contribution is 2.62. The molecule has 2 aromatic rings. The van der Waals surface area contributed by atoms with E-state index in [2.05, 4.69) is 9.71 Å². The van der Waals surface area contributed by atoms with Crippen molar-refractivity contribution in [1.82, 2.24) is 4.98 Å². The largest absolute Gasteiger partial charge is 0.485 e. The molecule has 0 radical (unpaired) electrons. The summed E-state index contributed by atoms with van der Waals surface area (Å²) in [7, 11) is -3.99. The van der Waals surface area contributed by atoms with Crippen LogP contribution in [-0.4, -0.2) is 23.9 Å². The second kappa shape index (κ2) is 6.58. The van der Waals surface area contributed by atoms with Gasteiger partial charge in [0.05, 0.1) is 0 Å². The molecule has 4 rings (SSSR count). The van der Waals surface area contributed by atoms with Gasteiger partial charge >= 0.3 is 0 Å². The number of pyridine rings is 1. The first-order valence-corrected chi connectivity index (χ1v) is 10.9. The summed E-state index contributed by atoms with van der Waals surface area (Å²) in [6, 6.07) is 13.0. The Bertz CT molecular complexity index is 1000. The maximum Gasteiger partial charge on any atom is 0.247 e. The molecule has 0 saturated heterocycles. The lowest BCUT2D eigenvalue weighted by Gasteiger charge is -2.35. The Kier molecular flexibility index (Phi) is 4.45. The van der Waals surface area contributed by atoms with Crippen LogP contribution in [0.4, 0.5) is 5.82 Å². The average Bonchev–Trinajstić information content (AvgIpc) is 3.04. The molecule has 7 heteroatoms. The van der Waals surface area contributed by atoms with E-state index in [1.165, 1.54) is 6.20 Å². The zero-order valence-electron chi connectivity index (χ0n) is 16.0. The molecule has 2 aliphatic rings. The molecule has 28 heavy (non-hydrogen) atoms. The van der Waals surface area contributed by atoms with E-state index in [9.17, 15) is 13.2 Å². The fourth-order valence-electron chi connectivity index (χ4n) is 4.80. The molecule has 1 heterocycles. The van der Waals surface area contributed by atoms with Crippen molar-refractivity contribution in [2.24, 2.45) is 11.3 Å². The maximum atomic E-state index is 13.4. The lowest BCUT2D eigenvalue weighted by molar-refractivity contribution is -0.121. The third-order valence-electron chi connectivity index (χ3n) is 6.49. The van der Waals surface area contributed by atoms with Crippen LogP contribution in [0.15, 0.2) is 48.7 Å². The Balaban J connectivity index is 1.62. The monoisotopic (exact) mass is 400 g/mol. The minimum atomic E-state index is -3.99. The first-order chi connectivity index (χ1) is 13.3. The van der Waals surface area contributed by atoms with Gasteiger partial charge in [-0.2, -0.15) is 0 Å². The van der Waals surface area contributed by atoms with E-state index in [0.29, 0.717) is 25.2 Å². The van der Waals surface area contributed by atoms with E-state index < -0.39 is 20.2 Å². The number of nitrogens with one attached hydrogen (secondary N) is 1. The van der Waals surface area contributed by atoms with Gasteiger partial charge in [0.1, 0.15) is 6.61 Å². The molecule has 2 saturated carbocycles. The Hall–Kier alpha value is -2.41. The van der Waals surface area contributed by atoms with E-state index >= 15 is 0 Å². The number of hydrogen-bond acceptors (Lipinski definition) is 5. The summed E-state index contributed by atoms with van der Waals surface area (Å²) in [4.78, 5) is 16.9. The molecule has 2 atom stereocenters. The number of hydrogen-bond donors (Lipinski definition) is 1. The Morgan fingerprint density at radius 3 is 2.57 bits per heavy atom. The molecule has 2 fully saturated rings. The van der Waals surface area contributed by atoms with Crippen LogP contribution in [0, 0.1) is 11.3 Å². The molecule has 0 aliphatic heterocycles. The molecule has 1 N–H and O–H groups in total. The average molecular weight is 401 g/mol. The number of Topliss-reactive ketones (excluding diaryl/α,β-unsaturated/α-hetero) is 1. The highest BCUT2D eigenvalue weighted by molar-refractivity contribution is 7.95. The molecule has 2 aliphatic carbocycles. The Labute approximate surface area is 165 Å². The summed E-state index contributed by atoms with van der Waals surface area (Å²) >= 11 is 0. The second-order valence-electron chi connectivity index (χ2n) is 8.14. The summed E-state index contributed by atoms with van der Waals surface area (Å²) < 4.78 is 33.8. The van der Waals surface area contributed by atoms with Gasteiger partial charge in [0.15, 0.2) is 22.1 Å². The van der Waals surface area contributed by atoms with Crippen LogP contribution in [0.1, 0.15) is 38.7 Å². The Morgan fingerprint density at radius 2 is 1.93 bits per heavy atom. The molecular formula is C21H24N2O4S. The van der Waals surface area contributed by atoms with Gasteiger partial charge in [0.25, 0.3) is 0 Å². The van der Waals surface area contributed by atoms with Gasteiger partial charge in [-0.1, -0.05) is 44.2 Å². The molecule has 1 aromatic carbocycles. The highest BCUT2D eigenvalue weighted by atomic mass is 32.2. The Morgan fingerprint density at radius 1 is 1.18 bits per heavy atom. The van der Waals surface area contributed by atoms with Crippen LogP contribution in [0.2, 0.25) is 0 Å². The lowest BCUT2D eigenvalue weighted by atomic mass is 9.81. The van der Waals surface area contributed by atoms with Crippen LogP contribution in [0.25, 0.3) is 0 Å². The van der Waals surface area contributed by atoms with Crippen molar-refractivity contribution in [3.8, 4) is 5.75 Å². The molecule has 0 unspecified atom stereocenters. The van der Waals surface area contributed by atoms with Crippen molar-refractivity contribution in [3.63, 3.8) is 0 Å². The van der Waals surface area contributed by atoms with Crippen molar-refractivity contribution in [3.05, 3.63) is 54.2 Å². The topological polar surface area (TPSA) is 85.4 Å². The van der Waals surface area contributed by atoms with Gasteiger partial charge in [0.2, 0.25) is 10.0 Å². The summed E-state index contributed by atoms with van der Waals surface area (Å²) in [5.74, 6) is 0.369. The van der Waals surface area contributed by atoms with Gasteiger partial charge in [-0.15, -0.1) is 0 Å². The molecule has 1 aromatic heterocycles. The van der Waals surface area contributed by atoms with Crippen molar-refractivity contribution in [2.45, 2.75) is 44.5 Å². The molecule has 0 amide bonds. The summed E-state index contributed by atoms with van der Waals surface area (Å²) in [6.07, 6.45) is 2.93. The third-order valence-corrected chi connectivity index (χ3v) is 8.82. The number of benzene rings is 1. The van der Waals surface area contributed by atoms with Gasteiger partial charge in [0, 0.05) is 12.6 Å². The summed E-state index contributed by atoms with van der Waals surface area (Å²) in [5.41, 5.74) is 0.361. The van der Waals surface area contributed by atoms with Crippen LogP contribution < -0.4 is 9.46 Å². The molecular weight excluding hydrogens is 376 g/mol. The molecule has 0 spiro atoms. The number of sulfonamides is 1. The normalized spacial score (nSPS) is 25.6. The van der Waals surface area contributed by atoms with Crippen LogP contribution in [0.3, 0.4) is 0 Å². The zero-order chi connectivity index (χ0) is 20.0. The standard InChI is InChI=1S/C21H24N2O4S/c1-20(2)16-10-11-21(20,18(24)13-16)28(25,26)23-19-17(9-6-12-22-19)27-14-15-7-4-3-5-8-15/h3-9,12,16H,10-11,13-14H2,1-2H3,(H,22,23)/t16-,21-/m1/s1. The first-order valence-electron chi connectivity index (χ1n) is 9.45. The lowest BCUT2D eigenvalue weighted by Crippen LogP contribution is -2.53. The van der Waals surface area contributed by atoms with Crippen molar-refractivity contribution in [2.75, 3.05) is 4.72 Å². The van der Waals surface area contributed by atoms with E-state index in [0.717, 1.165) is 12.0 Å². The number of fused-ring (bicyclic) bond motifs is 2. The number of carbonyl (C=O) groups excluding carboxylic acids is 1. The van der Waals surface area contributed by atoms with Crippen molar-refractivity contribution in [1.29, 1.82) is 0 Å². The van der Waals surface area contributed by atoms with Crippen LogP contribution in [0.5, 0.6) is 5.75 Å². The van der Waals surface area contributed by atoms with E-state index in [4.69, 9.17) is 4.74 Å². The number of rotatable bonds is 6. The van der Waals surface area contributed by atoms with E-state index in [1.54, 1.807) is 12.1 Å². The predicted octanol–water partition coefficient (Wildman–Crippen LogP) is 3.55. The quantitative estimate of drug-likeness (QED) is 0.801. The van der Waals surface area contributed by atoms with Gasteiger partial charge in [-0.05, 0) is 41.9 Å². The van der Waals surface area contributed by atoms with Crippen molar-refractivity contribution < 1.29 is 17.9 Å². The predicted molar refractivity (Wildman–Crippen MR) is 106 cm³/mol. The molecule has 6 nitrogen and oxygen atoms in total. The summed E-state index contributed by atoms with van der Waals surface area (Å²) in [6.45, 7) is 4.07. The van der Waals surface area contributed by atoms with Crippen molar-refractivity contribution >= 4 is 21.6 Å². The number of ketones is 1. The maximum absolute atomic E-state index is 13.4. The van der Waals surface area contributed by atoms with E-state index in [-0.39, 0.29) is 17.5 Å². The number of ether oxygens (including phenoxy) is 1. The van der Waals surface area contributed by atoms with Crippen LogP contribution in [-0.2, 0) is 21.4 Å². The third kappa shape index (κ3) is 2.71. The fraction of sp³-hybridized carbons (Fsp3) is 0.429. The fourth-order valence-corrected chi connectivity index (χ4v) is 7.01. The smallest absolute Gasteiger partial charge is 0.247 e. The van der Waals surface area contributed by atoms with Crippen LogP contribution >= 0.6 is 0 Å². The second-order valence-corrected chi connectivity index (χ2v) is 10.0. The highest BCUT2D eigenvalue weighted by Gasteiger charge is 2.71. The number of aromatic nitrogens is 1. The van der Waals surface area contributed by atoms with E-state index in [1.807, 2.05) is 44.2 Å². The zero-order valence-corrected chi connectivity index (χ0v) is 16.8. The summed E-state index contributed by atoms with van der Waals surface area (Å²) in [5, 5.41) is 0.